The Morgan fingerprint density at radius 1 is 0.917 bits per heavy atom. The van der Waals surface area contributed by atoms with E-state index in [9.17, 15) is 5.11 Å². The molecule has 0 aromatic rings. The summed E-state index contributed by atoms with van der Waals surface area (Å²) < 4.78 is 0. The van der Waals surface area contributed by atoms with E-state index < -0.39 is 6.23 Å². The molecule has 0 saturated heterocycles. The van der Waals surface area contributed by atoms with Crippen molar-refractivity contribution < 1.29 is 5.11 Å². The molecule has 0 amide bonds. The summed E-state index contributed by atoms with van der Waals surface area (Å²) in [4.78, 5) is 2.10. The number of rotatable bonds is 1. The van der Waals surface area contributed by atoms with E-state index in [1.165, 1.54) is 0 Å². The molecular weight excluding hydrogens is 150 g/mol. The largest absolute Gasteiger partial charge is 0.379 e. The van der Waals surface area contributed by atoms with Crippen LogP contribution in [0.5, 0.6) is 0 Å². The highest BCUT2D eigenvalue weighted by Gasteiger charge is 2.34. The highest BCUT2D eigenvalue weighted by atomic mass is 16.3. The second kappa shape index (κ2) is 3.35. The molecule has 0 heterocycles. The van der Waals surface area contributed by atoms with Crippen LogP contribution in [0.25, 0.3) is 0 Å². The Bertz CT molecular complexity index is 125. The molecule has 1 unspecified atom stereocenters. The van der Waals surface area contributed by atoms with E-state index in [4.69, 9.17) is 0 Å². The summed E-state index contributed by atoms with van der Waals surface area (Å²) >= 11 is 0. The van der Waals surface area contributed by atoms with Crippen LogP contribution in [0, 0.1) is 0 Å². The van der Waals surface area contributed by atoms with Crippen molar-refractivity contribution in [1.29, 1.82) is 0 Å². The molecule has 0 aromatic carbocycles. The van der Waals surface area contributed by atoms with Gasteiger partial charge < -0.3 is 5.11 Å². The van der Waals surface area contributed by atoms with Crippen LogP contribution in [-0.2, 0) is 0 Å². The van der Waals surface area contributed by atoms with Crippen LogP contribution in [0.3, 0.4) is 0 Å². The van der Waals surface area contributed by atoms with Crippen molar-refractivity contribution in [2.45, 2.75) is 65.8 Å². The monoisotopic (exact) mass is 173 g/mol. The summed E-state index contributed by atoms with van der Waals surface area (Å²) in [5, 5.41) is 9.61. The van der Waals surface area contributed by atoms with Crippen molar-refractivity contribution in [2.75, 3.05) is 0 Å². The zero-order chi connectivity index (χ0) is 10.2. The molecule has 12 heavy (non-hydrogen) atoms. The molecule has 0 fully saturated rings. The van der Waals surface area contributed by atoms with Crippen LogP contribution in [0.1, 0.15) is 48.5 Å². The minimum atomic E-state index is -0.398. The van der Waals surface area contributed by atoms with Crippen molar-refractivity contribution in [2.24, 2.45) is 0 Å². The van der Waals surface area contributed by atoms with Crippen LogP contribution in [0.4, 0.5) is 0 Å². The maximum atomic E-state index is 9.61. The van der Waals surface area contributed by atoms with Crippen LogP contribution in [0.2, 0.25) is 0 Å². The number of hydrogen-bond donors (Lipinski definition) is 1. The molecular formula is C10H23NO. The molecule has 0 aliphatic rings. The summed E-state index contributed by atoms with van der Waals surface area (Å²) in [6.45, 7) is 14.5. The second-order valence-corrected chi connectivity index (χ2v) is 5.34. The first kappa shape index (κ1) is 11.9. The fourth-order valence-corrected chi connectivity index (χ4v) is 2.13. The lowest BCUT2D eigenvalue weighted by molar-refractivity contribution is -0.0937. The van der Waals surface area contributed by atoms with E-state index >= 15 is 0 Å². The van der Waals surface area contributed by atoms with Crippen molar-refractivity contribution in [3.8, 4) is 0 Å². The summed E-state index contributed by atoms with van der Waals surface area (Å²) in [7, 11) is 0. The van der Waals surface area contributed by atoms with Gasteiger partial charge in [-0.05, 0) is 48.5 Å². The van der Waals surface area contributed by atoms with Gasteiger partial charge in [-0.25, -0.2) is 0 Å². The van der Waals surface area contributed by atoms with E-state index in [1.54, 1.807) is 0 Å². The van der Waals surface area contributed by atoms with E-state index in [0.717, 1.165) is 0 Å². The molecule has 0 aromatic heterocycles. The lowest BCUT2D eigenvalue weighted by atomic mass is 9.96. The molecule has 0 bridgehead atoms. The summed E-state index contributed by atoms with van der Waals surface area (Å²) in [5.74, 6) is 0. The number of nitrogens with zero attached hydrogens (tertiary/aromatic N) is 1. The smallest absolute Gasteiger partial charge is 0.105 e. The van der Waals surface area contributed by atoms with Gasteiger partial charge in [0.2, 0.25) is 0 Å². The van der Waals surface area contributed by atoms with Crippen molar-refractivity contribution in [3.63, 3.8) is 0 Å². The first-order valence-corrected chi connectivity index (χ1v) is 4.54. The predicted molar refractivity (Wildman–Crippen MR) is 53.0 cm³/mol. The van der Waals surface area contributed by atoms with Gasteiger partial charge in [-0.1, -0.05) is 0 Å². The molecule has 1 atom stereocenters. The molecule has 0 radical (unpaired) electrons. The molecule has 0 aliphatic carbocycles. The van der Waals surface area contributed by atoms with Crippen LogP contribution in [0.15, 0.2) is 0 Å². The van der Waals surface area contributed by atoms with Gasteiger partial charge in [-0.15, -0.1) is 0 Å². The van der Waals surface area contributed by atoms with Gasteiger partial charge in [-0.3, -0.25) is 4.90 Å². The number of aliphatic hydroxyl groups excluding tert-OH is 1. The van der Waals surface area contributed by atoms with Gasteiger partial charge >= 0.3 is 0 Å². The SMILES string of the molecule is CC(O)N(C(C)(C)C)C(C)(C)C. The molecule has 2 nitrogen and oxygen atoms in total. The third kappa shape index (κ3) is 3.11. The predicted octanol–water partition coefficient (Wildman–Crippen LogP) is 2.22. The molecule has 0 rings (SSSR count). The van der Waals surface area contributed by atoms with Gasteiger partial charge in [-0.2, -0.15) is 0 Å². The van der Waals surface area contributed by atoms with E-state index in [2.05, 4.69) is 46.4 Å². The van der Waals surface area contributed by atoms with Crippen LogP contribution >= 0.6 is 0 Å². The molecule has 74 valence electrons. The zero-order valence-corrected chi connectivity index (χ0v) is 9.47. The summed E-state index contributed by atoms with van der Waals surface area (Å²) in [5.41, 5.74) is 0.0127. The van der Waals surface area contributed by atoms with E-state index in [1.807, 2.05) is 6.92 Å². The van der Waals surface area contributed by atoms with Crippen molar-refractivity contribution in [3.05, 3.63) is 0 Å². The Hall–Kier alpha value is -0.0800. The van der Waals surface area contributed by atoms with Gasteiger partial charge in [0, 0.05) is 11.1 Å². The zero-order valence-electron chi connectivity index (χ0n) is 9.47. The maximum Gasteiger partial charge on any atom is 0.105 e. The highest BCUT2D eigenvalue weighted by molar-refractivity contribution is 4.87. The van der Waals surface area contributed by atoms with E-state index in [0.29, 0.717) is 0 Å². The Labute approximate surface area is 76.6 Å². The first-order valence-electron chi connectivity index (χ1n) is 4.54. The lowest BCUT2D eigenvalue weighted by Gasteiger charge is -2.47. The lowest BCUT2D eigenvalue weighted by Crippen LogP contribution is -2.56. The highest BCUT2D eigenvalue weighted by Crippen LogP contribution is 2.26. The fourth-order valence-electron chi connectivity index (χ4n) is 2.13. The molecule has 2 heteroatoms. The van der Waals surface area contributed by atoms with Crippen LogP contribution in [-0.4, -0.2) is 27.3 Å². The maximum absolute atomic E-state index is 9.61. The van der Waals surface area contributed by atoms with Crippen molar-refractivity contribution in [1.82, 2.24) is 4.90 Å². The number of hydrogen-bond acceptors (Lipinski definition) is 2. The molecule has 1 N–H and O–H groups in total. The third-order valence-corrected chi connectivity index (χ3v) is 1.82. The standard InChI is InChI=1S/C10H23NO/c1-8(12)11(9(2,3)4)10(5,6)7/h8,12H,1-7H3. The second-order valence-electron chi connectivity index (χ2n) is 5.34. The minimum absolute atomic E-state index is 0.00637. The Morgan fingerprint density at radius 3 is 1.17 bits per heavy atom. The summed E-state index contributed by atoms with van der Waals surface area (Å²) in [6.07, 6.45) is -0.398. The molecule has 0 saturated carbocycles. The Balaban J connectivity index is 4.70. The average Bonchev–Trinajstić information content (AvgIpc) is 1.49. The first-order chi connectivity index (χ1) is 5.07. The normalized spacial score (nSPS) is 16.8. The quantitative estimate of drug-likeness (QED) is 0.615. The van der Waals surface area contributed by atoms with Gasteiger partial charge in [0.15, 0.2) is 0 Å². The average molecular weight is 173 g/mol. The minimum Gasteiger partial charge on any atom is -0.379 e. The third-order valence-electron chi connectivity index (χ3n) is 1.82. The molecule has 0 spiro atoms. The Morgan fingerprint density at radius 2 is 1.17 bits per heavy atom. The summed E-state index contributed by atoms with van der Waals surface area (Å²) in [6, 6.07) is 0. The van der Waals surface area contributed by atoms with Gasteiger partial charge in [0.25, 0.3) is 0 Å². The van der Waals surface area contributed by atoms with E-state index in [-0.39, 0.29) is 11.1 Å². The van der Waals surface area contributed by atoms with Crippen LogP contribution < -0.4 is 0 Å². The van der Waals surface area contributed by atoms with Gasteiger partial charge in [0.05, 0.1) is 0 Å². The Kier molecular flexibility index (Phi) is 3.32. The molecule has 0 aliphatic heterocycles. The topological polar surface area (TPSA) is 23.5 Å². The van der Waals surface area contributed by atoms with Gasteiger partial charge in [0.1, 0.15) is 6.23 Å². The van der Waals surface area contributed by atoms with Crippen molar-refractivity contribution >= 4 is 0 Å². The number of aliphatic hydroxyl groups is 1. The fraction of sp³-hybridized carbons (Fsp3) is 1.00.